The van der Waals surface area contributed by atoms with Crippen molar-refractivity contribution >= 4 is 23.2 Å². The molecule has 0 saturated heterocycles. The third-order valence-electron chi connectivity index (χ3n) is 3.00. The first-order chi connectivity index (χ1) is 9.56. The van der Waals surface area contributed by atoms with Gasteiger partial charge in [0, 0.05) is 5.56 Å². The Morgan fingerprint density at radius 1 is 1.25 bits per heavy atom. The molecule has 20 heavy (non-hydrogen) atoms. The Labute approximate surface area is 123 Å². The molecule has 0 radical (unpaired) electrons. The Morgan fingerprint density at radius 3 is 2.70 bits per heavy atom. The second-order valence-electron chi connectivity index (χ2n) is 4.52. The number of carbonyl (C=O) groups excluding carboxylic acids is 1. The van der Waals surface area contributed by atoms with E-state index < -0.39 is 0 Å². The number of benzene rings is 1. The van der Waals surface area contributed by atoms with Crippen LogP contribution >= 0.6 is 12.2 Å². The second-order valence-corrected chi connectivity index (χ2v) is 4.92. The molecule has 0 fully saturated rings. The lowest BCUT2D eigenvalue weighted by Crippen LogP contribution is -2.38. The summed E-state index contributed by atoms with van der Waals surface area (Å²) >= 11 is 5.08. The van der Waals surface area contributed by atoms with Crippen molar-refractivity contribution in [2.75, 3.05) is 0 Å². The number of thiocarbonyl (C=S) groups is 1. The predicted molar refractivity (Wildman–Crippen MR) is 81.5 cm³/mol. The molecule has 1 heterocycles. The van der Waals surface area contributed by atoms with Gasteiger partial charge in [-0.1, -0.05) is 6.07 Å². The zero-order valence-corrected chi connectivity index (χ0v) is 12.2. The SMILES string of the molecule is Cc1ccc(C(=O)NC(=S)NCc2ccco2)cc1C. The molecule has 4 nitrogen and oxygen atoms in total. The summed E-state index contributed by atoms with van der Waals surface area (Å²) < 4.78 is 5.17. The predicted octanol–water partition coefficient (Wildman–Crippen LogP) is 2.70. The van der Waals surface area contributed by atoms with Crippen LogP contribution in [0.2, 0.25) is 0 Å². The zero-order valence-electron chi connectivity index (χ0n) is 11.4. The summed E-state index contributed by atoms with van der Waals surface area (Å²) in [6, 6.07) is 9.19. The molecule has 2 aromatic rings. The lowest BCUT2D eigenvalue weighted by atomic mass is 10.1. The third kappa shape index (κ3) is 3.68. The normalized spacial score (nSPS) is 10.1. The van der Waals surface area contributed by atoms with Gasteiger partial charge in [0.05, 0.1) is 12.8 Å². The molecule has 0 spiro atoms. The van der Waals surface area contributed by atoms with Crippen molar-refractivity contribution in [1.29, 1.82) is 0 Å². The Kier molecular flexibility index (Phi) is 4.53. The van der Waals surface area contributed by atoms with Crippen LogP contribution in [-0.4, -0.2) is 11.0 Å². The minimum absolute atomic E-state index is 0.218. The maximum Gasteiger partial charge on any atom is 0.257 e. The molecule has 2 rings (SSSR count). The van der Waals surface area contributed by atoms with Crippen molar-refractivity contribution in [2.45, 2.75) is 20.4 Å². The molecule has 0 aliphatic rings. The lowest BCUT2D eigenvalue weighted by Gasteiger charge is -2.09. The molecule has 0 saturated carbocycles. The van der Waals surface area contributed by atoms with E-state index in [9.17, 15) is 4.79 Å². The molecule has 0 bridgehead atoms. The Morgan fingerprint density at radius 2 is 2.05 bits per heavy atom. The minimum Gasteiger partial charge on any atom is -0.467 e. The number of hydrogen-bond donors (Lipinski definition) is 2. The van der Waals surface area contributed by atoms with Gasteiger partial charge in [-0.2, -0.15) is 0 Å². The average molecular weight is 288 g/mol. The first kappa shape index (κ1) is 14.3. The van der Waals surface area contributed by atoms with Crippen molar-refractivity contribution in [3.05, 3.63) is 59.0 Å². The average Bonchev–Trinajstić information content (AvgIpc) is 2.92. The minimum atomic E-state index is -0.218. The van der Waals surface area contributed by atoms with Crippen LogP contribution in [0.3, 0.4) is 0 Å². The lowest BCUT2D eigenvalue weighted by molar-refractivity contribution is 0.0976. The highest BCUT2D eigenvalue weighted by molar-refractivity contribution is 7.80. The number of rotatable bonds is 3. The van der Waals surface area contributed by atoms with E-state index in [0.29, 0.717) is 12.1 Å². The van der Waals surface area contributed by atoms with Crippen LogP contribution in [0.4, 0.5) is 0 Å². The number of amides is 1. The molecule has 5 heteroatoms. The topological polar surface area (TPSA) is 54.3 Å². The standard InChI is InChI=1S/C15H16N2O2S/c1-10-5-6-12(8-11(10)2)14(18)17-15(20)16-9-13-4-3-7-19-13/h3-8H,9H2,1-2H3,(H2,16,17,18,20). The van der Waals surface area contributed by atoms with Crippen LogP contribution in [0.25, 0.3) is 0 Å². The van der Waals surface area contributed by atoms with E-state index in [4.69, 9.17) is 16.6 Å². The first-order valence-corrected chi connectivity index (χ1v) is 6.66. The van der Waals surface area contributed by atoms with Crippen LogP contribution in [0.1, 0.15) is 27.2 Å². The van der Waals surface area contributed by atoms with Gasteiger partial charge >= 0.3 is 0 Å². The largest absolute Gasteiger partial charge is 0.467 e. The highest BCUT2D eigenvalue weighted by Crippen LogP contribution is 2.09. The first-order valence-electron chi connectivity index (χ1n) is 6.25. The van der Waals surface area contributed by atoms with Gasteiger partial charge in [-0.05, 0) is 61.5 Å². The monoisotopic (exact) mass is 288 g/mol. The molecule has 1 aromatic carbocycles. The van der Waals surface area contributed by atoms with Gasteiger partial charge in [-0.3, -0.25) is 10.1 Å². The van der Waals surface area contributed by atoms with Gasteiger partial charge in [0.15, 0.2) is 5.11 Å². The van der Waals surface area contributed by atoms with E-state index in [1.54, 1.807) is 18.4 Å². The van der Waals surface area contributed by atoms with E-state index in [0.717, 1.165) is 16.9 Å². The summed E-state index contributed by atoms with van der Waals surface area (Å²) in [5.74, 6) is 0.540. The molecule has 1 amide bonds. The van der Waals surface area contributed by atoms with E-state index in [1.807, 2.05) is 32.0 Å². The number of carbonyl (C=O) groups is 1. The molecule has 0 aliphatic heterocycles. The fraction of sp³-hybridized carbons (Fsp3) is 0.200. The molecular weight excluding hydrogens is 272 g/mol. The van der Waals surface area contributed by atoms with Gasteiger partial charge in [0.25, 0.3) is 5.91 Å². The third-order valence-corrected chi connectivity index (χ3v) is 3.25. The van der Waals surface area contributed by atoms with Crippen LogP contribution in [0.15, 0.2) is 41.0 Å². The molecular formula is C15H16N2O2S. The second kappa shape index (κ2) is 6.34. The Bertz CT molecular complexity index is 621. The smallest absolute Gasteiger partial charge is 0.257 e. The molecule has 104 valence electrons. The number of furan rings is 1. The summed E-state index contributed by atoms with van der Waals surface area (Å²) in [7, 11) is 0. The van der Waals surface area contributed by atoms with Gasteiger partial charge in [0.1, 0.15) is 5.76 Å². The number of nitrogens with one attached hydrogen (secondary N) is 2. The van der Waals surface area contributed by atoms with Crippen LogP contribution in [0, 0.1) is 13.8 Å². The van der Waals surface area contributed by atoms with E-state index in [-0.39, 0.29) is 11.0 Å². The fourth-order valence-electron chi connectivity index (χ4n) is 1.68. The van der Waals surface area contributed by atoms with Crippen LogP contribution in [-0.2, 0) is 6.54 Å². The van der Waals surface area contributed by atoms with Crippen molar-refractivity contribution in [2.24, 2.45) is 0 Å². The van der Waals surface area contributed by atoms with Crippen molar-refractivity contribution in [3.63, 3.8) is 0 Å². The van der Waals surface area contributed by atoms with Gasteiger partial charge < -0.3 is 9.73 Å². The Hall–Kier alpha value is -2.14. The van der Waals surface area contributed by atoms with Crippen molar-refractivity contribution in [3.8, 4) is 0 Å². The maximum atomic E-state index is 12.0. The molecule has 0 aliphatic carbocycles. The van der Waals surface area contributed by atoms with E-state index >= 15 is 0 Å². The highest BCUT2D eigenvalue weighted by atomic mass is 32.1. The summed E-state index contributed by atoms with van der Waals surface area (Å²) in [5, 5.41) is 5.84. The number of aryl methyl sites for hydroxylation is 2. The summed E-state index contributed by atoms with van der Waals surface area (Å²) in [6.07, 6.45) is 1.59. The zero-order chi connectivity index (χ0) is 14.5. The summed E-state index contributed by atoms with van der Waals surface area (Å²) in [5.41, 5.74) is 2.82. The molecule has 0 atom stereocenters. The summed E-state index contributed by atoms with van der Waals surface area (Å²) in [6.45, 7) is 4.42. The molecule has 2 N–H and O–H groups in total. The summed E-state index contributed by atoms with van der Waals surface area (Å²) in [4.78, 5) is 12.0. The van der Waals surface area contributed by atoms with Crippen LogP contribution < -0.4 is 10.6 Å². The van der Waals surface area contributed by atoms with Gasteiger partial charge in [0.2, 0.25) is 0 Å². The van der Waals surface area contributed by atoms with Crippen molar-refractivity contribution < 1.29 is 9.21 Å². The van der Waals surface area contributed by atoms with Gasteiger partial charge in [-0.25, -0.2) is 0 Å². The van der Waals surface area contributed by atoms with E-state index in [1.165, 1.54) is 0 Å². The number of hydrogen-bond acceptors (Lipinski definition) is 3. The quantitative estimate of drug-likeness (QED) is 0.853. The maximum absolute atomic E-state index is 12.0. The van der Waals surface area contributed by atoms with E-state index in [2.05, 4.69) is 10.6 Å². The molecule has 1 aromatic heterocycles. The Balaban J connectivity index is 1.90. The highest BCUT2D eigenvalue weighted by Gasteiger charge is 2.08. The molecule has 0 unspecified atom stereocenters. The van der Waals surface area contributed by atoms with Crippen molar-refractivity contribution in [1.82, 2.24) is 10.6 Å². The van der Waals surface area contributed by atoms with Crippen LogP contribution in [0.5, 0.6) is 0 Å². The fourth-order valence-corrected chi connectivity index (χ4v) is 1.85. The van der Waals surface area contributed by atoms with Gasteiger partial charge in [-0.15, -0.1) is 0 Å².